The first-order valence-electron chi connectivity index (χ1n) is 8.91. The lowest BCUT2D eigenvalue weighted by molar-refractivity contribution is 0.143. The number of anilines is 1. The van der Waals surface area contributed by atoms with Gasteiger partial charge in [-0.3, -0.25) is 14.9 Å². The summed E-state index contributed by atoms with van der Waals surface area (Å²) >= 11 is 0. The molecular formula is C20H20FN5O. The molecule has 0 unspecified atom stereocenters. The number of para-hydroxylation sites is 1. The monoisotopic (exact) mass is 365 g/mol. The summed E-state index contributed by atoms with van der Waals surface area (Å²) in [5.74, 6) is -0.219. The Balaban J connectivity index is 1.36. The predicted octanol–water partition coefficient (Wildman–Crippen LogP) is 3.12. The number of nitrogens with one attached hydrogen (secondary N) is 1. The zero-order chi connectivity index (χ0) is 18.6. The first kappa shape index (κ1) is 17.4. The maximum Gasteiger partial charge on any atom is 0.321 e. The first-order valence-corrected chi connectivity index (χ1v) is 8.91. The maximum absolute atomic E-state index is 13.3. The Hall–Kier alpha value is -3.06. The number of piperazine rings is 1. The van der Waals surface area contributed by atoms with Crippen LogP contribution < -0.4 is 5.32 Å². The van der Waals surface area contributed by atoms with E-state index in [-0.39, 0.29) is 11.8 Å². The second kappa shape index (κ2) is 7.67. The number of fused-ring (bicyclic) bond motifs is 1. The average Bonchev–Trinajstić information content (AvgIpc) is 2.69. The molecule has 1 aromatic heterocycles. The number of hydrogen-bond donors (Lipinski definition) is 1. The van der Waals surface area contributed by atoms with Crippen LogP contribution in [-0.4, -0.2) is 52.0 Å². The number of hydrogen-bond acceptors (Lipinski definition) is 4. The fourth-order valence-corrected chi connectivity index (χ4v) is 3.29. The Morgan fingerprint density at radius 1 is 1.04 bits per heavy atom. The van der Waals surface area contributed by atoms with E-state index in [0.717, 1.165) is 24.2 Å². The summed E-state index contributed by atoms with van der Waals surface area (Å²) in [6, 6.07) is 12.1. The third kappa shape index (κ3) is 4.03. The molecule has 7 heteroatoms. The van der Waals surface area contributed by atoms with E-state index in [2.05, 4.69) is 20.2 Å². The standard InChI is InChI=1S/C20H20FN5O/c21-16-4-1-3-15(13-16)14-25-9-11-26(12-10-25)20(27)24-18-6-2-5-17-19(18)23-8-7-22-17/h1-8,13H,9-12,14H2,(H,24,27). The van der Waals surface area contributed by atoms with Gasteiger partial charge >= 0.3 is 6.03 Å². The van der Waals surface area contributed by atoms with Crippen LogP contribution >= 0.6 is 0 Å². The molecule has 4 rings (SSSR count). The van der Waals surface area contributed by atoms with E-state index < -0.39 is 0 Å². The van der Waals surface area contributed by atoms with Crippen LogP contribution in [0, 0.1) is 5.82 Å². The topological polar surface area (TPSA) is 61.4 Å². The normalized spacial score (nSPS) is 15.1. The van der Waals surface area contributed by atoms with E-state index in [9.17, 15) is 9.18 Å². The van der Waals surface area contributed by atoms with Gasteiger partial charge in [0.05, 0.1) is 11.2 Å². The summed E-state index contributed by atoms with van der Waals surface area (Å²) in [5, 5.41) is 2.94. The van der Waals surface area contributed by atoms with Crippen molar-refractivity contribution >= 4 is 22.8 Å². The molecule has 0 saturated carbocycles. The molecule has 2 heterocycles. The molecular weight excluding hydrogens is 345 g/mol. The summed E-state index contributed by atoms with van der Waals surface area (Å²) in [6.07, 6.45) is 3.24. The molecule has 3 aromatic rings. The van der Waals surface area contributed by atoms with Crippen LogP contribution in [0.1, 0.15) is 5.56 Å². The molecule has 27 heavy (non-hydrogen) atoms. The Morgan fingerprint density at radius 3 is 2.63 bits per heavy atom. The Kier molecular flexibility index (Phi) is 4.93. The quantitative estimate of drug-likeness (QED) is 0.775. The Labute approximate surface area is 156 Å². The highest BCUT2D eigenvalue weighted by atomic mass is 19.1. The van der Waals surface area contributed by atoms with Crippen LogP contribution in [-0.2, 0) is 6.54 Å². The molecule has 6 nitrogen and oxygen atoms in total. The molecule has 2 aromatic carbocycles. The lowest BCUT2D eigenvalue weighted by atomic mass is 10.2. The van der Waals surface area contributed by atoms with Crippen LogP contribution in [0.3, 0.4) is 0 Å². The summed E-state index contributed by atoms with van der Waals surface area (Å²) in [6.45, 7) is 3.43. The zero-order valence-corrected chi connectivity index (χ0v) is 14.8. The largest absolute Gasteiger partial charge is 0.322 e. The van der Waals surface area contributed by atoms with E-state index in [0.29, 0.717) is 30.8 Å². The van der Waals surface area contributed by atoms with Gasteiger partial charge < -0.3 is 10.2 Å². The van der Waals surface area contributed by atoms with Gasteiger partial charge in [-0.25, -0.2) is 9.18 Å². The highest BCUT2D eigenvalue weighted by molar-refractivity contribution is 5.98. The van der Waals surface area contributed by atoms with Gasteiger partial charge in [0.2, 0.25) is 0 Å². The molecule has 1 fully saturated rings. The van der Waals surface area contributed by atoms with Gasteiger partial charge in [0.25, 0.3) is 0 Å². The van der Waals surface area contributed by atoms with E-state index in [1.165, 1.54) is 6.07 Å². The van der Waals surface area contributed by atoms with E-state index in [1.54, 1.807) is 29.4 Å². The van der Waals surface area contributed by atoms with Gasteiger partial charge in [-0.2, -0.15) is 0 Å². The number of urea groups is 1. The predicted molar refractivity (Wildman–Crippen MR) is 102 cm³/mol. The Bertz CT molecular complexity index is 951. The molecule has 138 valence electrons. The van der Waals surface area contributed by atoms with Crippen LogP contribution in [0.4, 0.5) is 14.9 Å². The number of nitrogens with zero attached hydrogens (tertiary/aromatic N) is 4. The van der Waals surface area contributed by atoms with E-state index >= 15 is 0 Å². The zero-order valence-electron chi connectivity index (χ0n) is 14.8. The average molecular weight is 365 g/mol. The molecule has 1 N–H and O–H groups in total. The van der Waals surface area contributed by atoms with Crippen LogP contribution in [0.25, 0.3) is 11.0 Å². The number of aromatic nitrogens is 2. The number of rotatable bonds is 3. The van der Waals surface area contributed by atoms with Gasteiger partial charge in [-0.15, -0.1) is 0 Å². The molecule has 1 saturated heterocycles. The molecule has 1 aliphatic rings. The van der Waals surface area contributed by atoms with Crippen LogP contribution in [0.5, 0.6) is 0 Å². The second-order valence-electron chi connectivity index (χ2n) is 6.55. The maximum atomic E-state index is 13.3. The van der Waals surface area contributed by atoms with Crippen LogP contribution in [0.2, 0.25) is 0 Å². The van der Waals surface area contributed by atoms with Gasteiger partial charge in [0.15, 0.2) is 0 Å². The summed E-state index contributed by atoms with van der Waals surface area (Å²) in [7, 11) is 0. The molecule has 0 aliphatic carbocycles. The molecule has 0 atom stereocenters. The van der Waals surface area contributed by atoms with E-state index in [1.807, 2.05) is 24.3 Å². The van der Waals surface area contributed by atoms with Crippen molar-refractivity contribution in [2.45, 2.75) is 6.54 Å². The van der Waals surface area contributed by atoms with Gasteiger partial charge in [0.1, 0.15) is 11.3 Å². The molecule has 1 aliphatic heterocycles. The van der Waals surface area contributed by atoms with Gasteiger partial charge in [-0.1, -0.05) is 18.2 Å². The minimum Gasteiger partial charge on any atom is -0.322 e. The number of benzene rings is 2. The van der Waals surface area contributed by atoms with Crippen molar-refractivity contribution in [1.29, 1.82) is 0 Å². The highest BCUT2D eigenvalue weighted by Crippen LogP contribution is 2.20. The van der Waals surface area contributed by atoms with Crippen molar-refractivity contribution < 1.29 is 9.18 Å². The van der Waals surface area contributed by atoms with Gasteiger partial charge in [0, 0.05) is 45.1 Å². The fraction of sp³-hybridized carbons (Fsp3) is 0.250. The minimum atomic E-state index is -0.219. The van der Waals surface area contributed by atoms with Crippen molar-refractivity contribution in [1.82, 2.24) is 19.8 Å². The SMILES string of the molecule is O=C(Nc1cccc2nccnc12)N1CCN(Cc2cccc(F)c2)CC1. The van der Waals surface area contributed by atoms with Crippen molar-refractivity contribution in [2.24, 2.45) is 0 Å². The van der Waals surface area contributed by atoms with E-state index in [4.69, 9.17) is 0 Å². The molecule has 2 amide bonds. The lowest BCUT2D eigenvalue weighted by Crippen LogP contribution is -2.49. The summed E-state index contributed by atoms with van der Waals surface area (Å²) in [5.41, 5.74) is 3.03. The number of carbonyl (C=O) groups excluding carboxylic acids is 1. The summed E-state index contributed by atoms with van der Waals surface area (Å²) < 4.78 is 13.3. The third-order valence-electron chi connectivity index (χ3n) is 4.69. The smallest absolute Gasteiger partial charge is 0.321 e. The van der Waals surface area contributed by atoms with Crippen LogP contribution in [0.15, 0.2) is 54.9 Å². The van der Waals surface area contributed by atoms with Crippen molar-refractivity contribution in [3.8, 4) is 0 Å². The third-order valence-corrected chi connectivity index (χ3v) is 4.69. The fourth-order valence-electron chi connectivity index (χ4n) is 3.29. The minimum absolute atomic E-state index is 0.140. The number of amides is 2. The van der Waals surface area contributed by atoms with Crippen molar-refractivity contribution in [3.63, 3.8) is 0 Å². The molecule has 0 bridgehead atoms. The lowest BCUT2D eigenvalue weighted by Gasteiger charge is -2.34. The highest BCUT2D eigenvalue weighted by Gasteiger charge is 2.21. The van der Waals surface area contributed by atoms with Gasteiger partial charge in [-0.05, 0) is 29.8 Å². The van der Waals surface area contributed by atoms with Crippen molar-refractivity contribution in [2.75, 3.05) is 31.5 Å². The molecule has 0 spiro atoms. The summed E-state index contributed by atoms with van der Waals surface area (Å²) in [4.78, 5) is 25.2. The second-order valence-corrected chi connectivity index (χ2v) is 6.55. The number of halogens is 1. The first-order chi connectivity index (χ1) is 13.2. The van der Waals surface area contributed by atoms with Crippen molar-refractivity contribution in [3.05, 3.63) is 66.2 Å². The molecule has 0 radical (unpaired) electrons. The number of carbonyl (C=O) groups is 1. The Morgan fingerprint density at radius 2 is 1.81 bits per heavy atom.